The second kappa shape index (κ2) is 10.2. The first-order chi connectivity index (χ1) is 14.6. The van der Waals surface area contributed by atoms with Crippen molar-refractivity contribution < 1.29 is 5.11 Å². The average molecular weight is 403 g/mol. The number of phenols is 1. The van der Waals surface area contributed by atoms with Crippen LogP contribution in [-0.4, -0.2) is 31.3 Å². The SMILES string of the molecule is CCN(CC)c1ccc(C(c2ccc(N(CC)CC)cc2)c2cccc(O)c2)cc1. The van der Waals surface area contributed by atoms with Crippen LogP contribution in [0.2, 0.25) is 0 Å². The summed E-state index contributed by atoms with van der Waals surface area (Å²) in [6, 6.07) is 25.4. The third-order valence-corrected chi connectivity index (χ3v) is 5.91. The molecule has 3 aromatic rings. The van der Waals surface area contributed by atoms with Crippen LogP contribution in [0.3, 0.4) is 0 Å². The second-order valence-corrected chi connectivity index (χ2v) is 7.56. The van der Waals surface area contributed by atoms with Crippen molar-refractivity contribution in [3.63, 3.8) is 0 Å². The number of hydrogen-bond donors (Lipinski definition) is 1. The van der Waals surface area contributed by atoms with E-state index in [0.29, 0.717) is 5.75 Å². The van der Waals surface area contributed by atoms with Crippen LogP contribution in [0.1, 0.15) is 50.3 Å². The van der Waals surface area contributed by atoms with Crippen molar-refractivity contribution in [2.75, 3.05) is 36.0 Å². The summed E-state index contributed by atoms with van der Waals surface area (Å²) in [6.45, 7) is 12.7. The summed E-state index contributed by atoms with van der Waals surface area (Å²) in [5.41, 5.74) is 6.05. The molecule has 0 amide bonds. The molecule has 0 aliphatic carbocycles. The standard InChI is InChI=1S/C27H34N2O/c1-5-28(6-2)24-16-12-21(13-17-24)27(23-10-9-11-26(30)20-23)22-14-18-25(19-15-22)29(7-3)8-4/h9-20,27,30H,5-8H2,1-4H3. The fourth-order valence-electron chi connectivity index (χ4n) is 4.21. The molecule has 0 radical (unpaired) electrons. The van der Waals surface area contributed by atoms with Gasteiger partial charge >= 0.3 is 0 Å². The topological polar surface area (TPSA) is 26.7 Å². The predicted octanol–water partition coefficient (Wildman–Crippen LogP) is 6.26. The van der Waals surface area contributed by atoms with Gasteiger partial charge in [-0.2, -0.15) is 0 Å². The minimum Gasteiger partial charge on any atom is -0.508 e. The number of phenolic OH excluding ortho intramolecular Hbond substituents is 1. The Balaban J connectivity index is 2.02. The molecule has 3 nitrogen and oxygen atoms in total. The van der Waals surface area contributed by atoms with E-state index in [4.69, 9.17) is 0 Å². The summed E-state index contributed by atoms with van der Waals surface area (Å²) in [5, 5.41) is 10.1. The van der Waals surface area contributed by atoms with Crippen molar-refractivity contribution in [1.82, 2.24) is 0 Å². The molecule has 0 aliphatic heterocycles. The summed E-state index contributed by atoms with van der Waals surface area (Å²) < 4.78 is 0. The molecule has 3 aromatic carbocycles. The van der Waals surface area contributed by atoms with E-state index < -0.39 is 0 Å². The van der Waals surface area contributed by atoms with Crippen LogP contribution in [0, 0.1) is 0 Å². The number of nitrogens with zero attached hydrogens (tertiary/aromatic N) is 2. The molecule has 0 saturated heterocycles. The lowest BCUT2D eigenvalue weighted by Gasteiger charge is -2.25. The van der Waals surface area contributed by atoms with Crippen molar-refractivity contribution in [2.45, 2.75) is 33.6 Å². The van der Waals surface area contributed by atoms with Gasteiger partial charge in [-0.1, -0.05) is 36.4 Å². The minimum absolute atomic E-state index is 0.0774. The zero-order valence-corrected chi connectivity index (χ0v) is 18.7. The van der Waals surface area contributed by atoms with E-state index >= 15 is 0 Å². The van der Waals surface area contributed by atoms with Crippen LogP contribution in [0.4, 0.5) is 11.4 Å². The lowest BCUT2D eigenvalue weighted by molar-refractivity contribution is 0.474. The van der Waals surface area contributed by atoms with Gasteiger partial charge in [0.2, 0.25) is 0 Å². The molecular formula is C27H34N2O. The molecular weight excluding hydrogens is 368 g/mol. The molecule has 0 heterocycles. The molecule has 0 unspecified atom stereocenters. The monoisotopic (exact) mass is 402 g/mol. The van der Waals surface area contributed by atoms with Crippen LogP contribution in [-0.2, 0) is 0 Å². The van der Waals surface area contributed by atoms with E-state index in [-0.39, 0.29) is 5.92 Å². The van der Waals surface area contributed by atoms with E-state index in [1.54, 1.807) is 6.07 Å². The van der Waals surface area contributed by atoms with E-state index in [1.807, 2.05) is 12.1 Å². The Morgan fingerprint density at radius 2 is 1.03 bits per heavy atom. The number of hydrogen-bond acceptors (Lipinski definition) is 3. The Morgan fingerprint density at radius 1 is 0.600 bits per heavy atom. The molecule has 0 aromatic heterocycles. The van der Waals surface area contributed by atoms with Gasteiger partial charge in [-0.3, -0.25) is 0 Å². The lowest BCUT2D eigenvalue weighted by Crippen LogP contribution is -2.21. The third-order valence-electron chi connectivity index (χ3n) is 5.91. The van der Waals surface area contributed by atoms with E-state index in [0.717, 1.165) is 31.7 Å². The number of aromatic hydroxyl groups is 1. The van der Waals surface area contributed by atoms with Crippen molar-refractivity contribution in [3.8, 4) is 5.75 Å². The van der Waals surface area contributed by atoms with Crippen molar-refractivity contribution in [1.29, 1.82) is 0 Å². The Labute approximate surface area is 181 Å². The molecule has 0 fully saturated rings. The molecule has 3 heteroatoms. The first kappa shape index (κ1) is 21.8. The van der Waals surface area contributed by atoms with Crippen LogP contribution >= 0.6 is 0 Å². The smallest absolute Gasteiger partial charge is 0.115 e. The highest BCUT2D eigenvalue weighted by atomic mass is 16.3. The highest BCUT2D eigenvalue weighted by Crippen LogP contribution is 2.35. The molecule has 0 bridgehead atoms. The first-order valence-corrected chi connectivity index (χ1v) is 11.1. The molecule has 0 saturated carbocycles. The van der Waals surface area contributed by atoms with Gasteiger partial charge in [-0.15, -0.1) is 0 Å². The van der Waals surface area contributed by atoms with Crippen molar-refractivity contribution >= 4 is 11.4 Å². The fourth-order valence-corrected chi connectivity index (χ4v) is 4.21. The number of anilines is 2. The van der Waals surface area contributed by atoms with Gasteiger partial charge in [0.1, 0.15) is 5.75 Å². The van der Waals surface area contributed by atoms with Crippen LogP contribution in [0.15, 0.2) is 72.8 Å². The Kier molecular flexibility index (Phi) is 7.40. The second-order valence-electron chi connectivity index (χ2n) is 7.56. The van der Waals surface area contributed by atoms with Crippen LogP contribution in [0.25, 0.3) is 0 Å². The average Bonchev–Trinajstić information content (AvgIpc) is 2.78. The Bertz CT molecular complexity index is 855. The van der Waals surface area contributed by atoms with Gasteiger partial charge in [0.05, 0.1) is 0 Å². The summed E-state index contributed by atoms with van der Waals surface area (Å²) >= 11 is 0. The summed E-state index contributed by atoms with van der Waals surface area (Å²) in [4.78, 5) is 4.71. The lowest BCUT2D eigenvalue weighted by atomic mass is 9.85. The van der Waals surface area contributed by atoms with Gasteiger partial charge in [0.15, 0.2) is 0 Å². The molecule has 30 heavy (non-hydrogen) atoms. The number of rotatable bonds is 9. The van der Waals surface area contributed by atoms with Crippen LogP contribution < -0.4 is 9.80 Å². The zero-order valence-electron chi connectivity index (χ0n) is 18.7. The normalized spacial score (nSPS) is 11.0. The molecule has 0 spiro atoms. The maximum absolute atomic E-state index is 10.1. The van der Waals surface area contributed by atoms with Gasteiger partial charge < -0.3 is 14.9 Å². The predicted molar refractivity (Wildman–Crippen MR) is 129 cm³/mol. The third kappa shape index (κ3) is 4.79. The molecule has 1 N–H and O–H groups in total. The van der Waals surface area contributed by atoms with E-state index in [1.165, 1.54) is 22.5 Å². The van der Waals surface area contributed by atoms with E-state index in [2.05, 4.69) is 92.1 Å². The maximum Gasteiger partial charge on any atom is 0.115 e. The van der Waals surface area contributed by atoms with Crippen molar-refractivity contribution in [3.05, 3.63) is 89.5 Å². The molecule has 0 aliphatic rings. The summed E-state index contributed by atoms with van der Waals surface area (Å²) in [7, 11) is 0. The molecule has 0 atom stereocenters. The van der Waals surface area contributed by atoms with Gasteiger partial charge in [-0.05, 0) is 80.8 Å². The summed E-state index contributed by atoms with van der Waals surface area (Å²) in [6.07, 6.45) is 0. The summed E-state index contributed by atoms with van der Waals surface area (Å²) in [5.74, 6) is 0.380. The van der Waals surface area contributed by atoms with Gasteiger partial charge in [0, 0.05) is 43.5 Å². The fraction of sp³-hybridized carbons (Fsp3) is 0.333. The highest BCUT2D eigenvalue weighted by Gasteiger charge is 2.18. The largest absolute Gasteiger partial charge is 0.508 e. The quantitative estimate of drug-likeness (QED) is 0.428. The number of benzene rings is 3. The first-order valence-electron chi connectivity index (χ1n) is 11.1. The molecule has 158 valence electrons. The van der Waals surface area contributed by atoms with Crippen molar-refractivity contribution in [2.24, 2.45) is 0 Å². The van der Waals surface area contributed by atoms with Gasteiger partial charge in [0.25, 0.3) is 0 Å². The van der Waals surface area contributed by atoms with Gasteiger partial charge in [-0.25, -0.2) is 0 Å². The van der Waals surface area contributed by atoms with Crippen LogP contribution in [0.5, 0.6) is 5.75 Å². The Morgan fingerprint density at radius 3 is 1.40 bits per heavy atom. The molecule has 3 rings (SSSR count). The zero-order chi connectivity index (χ0) is 21.5. The Hall–Kier alpha value is -2.94. The maximum atomic E-state index is 10.1. The minimum atomic E-state index is 0.0774. The van der Waals surface area contributed by atoms with E-state index in [9.17, 15) is 5.11 Å². The highest BCUT2D eigenvalue weighted by molar-refractivity contribution is 5.54.